The fourth-order valence-electron chi connectivity index (χ4n) is 2.05. The van der Waals surface area contributed by atoms with Crippen molar-refractivity contribution >= 4 is 21.6 Å². The summed E-state index contributed by atoms with van der Waals surface area (Å²) in [5, 5.41) is 2.39. The van der Waals surface area contributed by atoms with Crippen LogP contribution in [-0.2, 0) is 10.0 Å². The zero-order valence-electron chi connectivity index (χ0n) is 13.5. The molecule has 10 heteroatoms. The highest BCUT2D eigenvalue weighted by Gasteiger charge is 2.31. The van der Waals surface area contributed by atoms with Gasteiger partial charge in [0.2, 0.25) is 10.0 Å². The molecule has 0 radical (unpaired) electrons. The molecule has 0 atom stereocenters. The lowest BCUT2D eigenvalue weighted by Crippen LogP contribution is -2.23. The van der Waals surface area contributed by atoms with Gasteiger partial charge in [0, 0.05) is 23.9 Å². The number of ether oxygens (including phenoxy) is 1. The topological polar surface area (TPSA) is 84.5 Å². The molecule has 2 N–H and O–H groups in total. The summed E-state index contributed by atoms with van der Waals surface area (Å²) in [6, 6.07) is 10.0. The molecular weight excluding hydrogens is 373 g/mol. The number of hydrogen-bond donors (Lipinski definition) is 2. The molecule has 6 nitrogen and oxygen atoms in total. The number of sulfonamides is 1. The maximum absolute atomic E-state index is 12.3. The highest BCUT2D eigenvalue weighted by atomic mass is 32.2. The maximum Gasteiger partial charge on any atom is 0.573 e. The van der Waals surface area contributed by atoms with E-state index >= 15 is 0 Å². The normalized spacial score (nSPS) is 11.8. The summed E-state index contributed by atoms with van der Waals surface area (Å²) < 4.78 is 66.8. The van der Waals surface area contributed by atoms with Crippen LogP contribution in [0.25, 0.3) is 0 Å². The summed E-state index contributed by atoms with van der Waals surface area (Å²) in [5.41, 5.74) is 0.0998. The first kappa shape index (κ1) is 19.7. The molecule has 1 amide bonds. The van der Waals surface area contributed by atoms with E-state index < -0.39 is 28.0 Å². The van der Waals surface area contributed by atoms with Gasteiger partial charge < -0.3 is 10.1 Å². The number of carbonyl (C=O) groups is 1. The summed E-state index contributed by atoms with van der Waals surface area (Å²) in [5.74, 6) is -1.17. The number of amides is 1. The van der Waals surface area contributed by atoms with Gasteiger partial charge in [0.25, 0.3) is 5.91 Å². The van der Waals surface area contributed by atoms with Crippen molar-refractivity contribution in [3.05, 3.63) is 54.1 Å². The molecule has 0 saturated heterocycles. The van der Waals surface area contributed by atoms with E-state index in [4.69, 9.17) is 0 Å². The molecule has 0 heterocycles. The predicted octanol–water partition coefficient (Wildman–Crippen LogP) is 3.14. The zero-order chi connectivity index (χ0) is 19.4. The number of alkyl halides is 3. The highest BCUT2D eigenvalue weighted by Crippen LogP contribution is 2.25. The minimum Gasteiger partial charge on any atom is -0.406 e. The van der Waals surface area contributed by atoms with Gasteiger partial charge in [0.15, 0.2) is 0 Å². The van der Waals surface area contributed by atoms with E-state index in [1.54, 1.807) is 6.92 Å². The molecule has 140 valence electrons. The van der Waals surface area contributed by atoms with Crippen LogP contribution >= 0.6 is 0 Å². The monoisotopic (exact) mass is 388 g/mol. The smallest absolute Gasteiger partial charge is 0.406 e. The number of benzene rings is 2. The SMILES string of the molecule is CCNS(=O)(=O)c1cccc(C(=O)Nc2cccc(OC(F)(F)F)c2)c1. The second-order valence-corrected chi connectivity index (χ2v) is 6.83. The van der Waals surface area contributed by atoms with Crippen LogP contribution in [0.3, 0.4) is 0 Å². The number of hydrogen-bond acceptors (Lipinski definition) is 4. The molecule has 0 bridgehead atoms. The average Bonchev–Trinajstić information content (AvgIpc) is 2.53. The minimum atomic E-state index is -4.85. The molecule has 0 aliphatic heterocycles. The van der Waals surface area contributed by atoms with Crippen LogP contribution in [0.4, 0.5) is 18.9 Å². The molecule has 0 unspecified atom stereocenters. The Morgan fingerprint density at radius 2 is 1.81 bits per heavy atom. The van der Waals surface area contributed by atoms with E-state index in [9.17, 15) is 26.4 Å². The predicted molar refractivity (Wildman–Crippen MR) is 88.4 cm³/mol. The number of carbonyl (C=O) groups excluding carboxylic acids is 1. The van der Waals surface area contributed by atoms with E-state index in [2.05, 4.69) is 14.8 Å². The molecular formula is C16H15F3N2O4S. The van der Waals surface area contributed by atoms with Gasteiger partial charge in [-0.25, -0.2) is 13.1 Å². The van der Waals surface area contributed by atoms with Gasteiger partial charge in [-0.3, -0.25) is 4.79 Å². The minimum absolute atomic E-state index is 0.0334. The Bertz CT molecular complexity index is 898. The van der Waals surface area contributed by atoms with Crippen molar-refractivity contribution in [3.63, 3.8) is 0 Å². The molecule has 2 aromatic rings. The molecule has 0 aromatic heterocycles. The van der Waals surface area contributed by atoms with E-state index in [1.165, 1.54) is 36.4 Å². The van der Waals surface area contributed by atoms with Crippen molar-refractivity contribution in [1.82, 2.24) is 4.72 Å². The Labute approximate surface area is 148 Å². The standard InChI is InChI=1S/C16H15F3N2O4S/c1-2-20-26(23,24)14-8-3-5-11(9-14)15(22)21-12-6-4-7-13(10-12)25-16(17,18)19/h3-10,20H,2H2,1H3,(H,21,22). The van der Waals surface area contributed by atoms with Crippen LogP contribution in [-0.4, -0.2) is 27.2 Å². The Balaban J connectivity index is 2.20. The zero-order valence-corrected chi connectivity index (χ0v) is 14.3. The summed E-state index contributed by atoms with van der Waals surface area (Å²) in [4.78, 5) is 12.2. The molecule has 0 aliphatic rings. The van der Waals surface area contributed by atoms with Crippen LogP contribution in [0.15, 0.2) is 53.4 Å². The van der Waals surface area contributed by atoms with Crippen molar-refractivity contribution < 1.29 is 31.1 Å². The largest absolute Gasteiger partial charge is 0.573 e. The third-order valence-corrected chi connectivity index (χ3v) is 4.61. The molecule has 2 aromatic carbocycles. The van der Waals surface area contributed by atoms with Crippen molar-refractivity contribution in [2.45, 2.75) is 18.2 Å². The average molecular weight is 388 g/mol. The van der Waals surface area contributed by atoms with Crippen LogP contribution in [0.2, 0.25) is 0 Å². The molecule has 2 rings (SSSR count). The maximum atomic E-state index is 12.3. The Kier molecular flexibility index (Phi) is 5.88. The molecule has 26 heavy (non-hydrogen) atoms. The fourth-order valence-corrected chi connectivity index (χ4v) is 3.14. The Morgan fingerprint density at radius 3 is 2.46 bits per heavy atom. The first-order chi connectivity index (χ1) is 12.1. The van der Waals surface area contributed by atoms with Crippen molar-refractivity contribution in [1.29, 1.82) is 0 Å². The first-order valence-electron chi connectivity index (χ1n) is 7.37. The summed E-state index contributed by atoms with van der Waals surface area (Å²) >= 11 is 0. The van der Waals surface area contributed by atoms with E-state index in [0.29, 0.717) is 0 Å². The quantitative estimate of drug-likeness (QED) is 0.796. The van der Waals surface area contributed by atoms with Gasteiger partial charge in [0.05, 0.1) is 4.90 Å². The van der Waals surface area contributed by atoms with Gasteiger partial charge >= 0.3 is 6.36 Å². The summed E-state index contributed by atoms with van der Waals surface area (Å²) in [6.07, 6.45) is -4.85. The number of nitrogens with one attached hydrogen (secondary N) is 2. The van der Waals surface area contributed by atoms with Gasteiger partial charge in [-0.2, -0.15) is 0 Å². The van der Waals surface area contributed by atoms with Gasteiger partial charge in [0.1, 0.15) is 5.75 Å². The molecule has 0 aliphatic carbocycles. The Morgan fingerprint density at radius 1 is 1.12 bits per heavy atom. The third-order valence-electron chi connectivity index (χ3n) is 3.07. The van der Waals surface area contributed by atoms with Crippen LogP contribution < -0.4 is 14.8 Å². The Hall–Kier alpha value is -2.59. The second kappa shape index (κ2) is 7.75. The van der Waals surface area contributed by atoms with E-state index in [-0.39, 0.29) is 22.7 Å². The van der Waals surface area contributed by atoms with Crippen LogP contribution in [0.5, 0.6) is 5.75 Å². The number of anilines is 1. The lowest BCUT2D eigenvalue weighted by molar-refractivity contribution is -0.274. The first-order valence-corrected chi connectivity index (χ1v) is 8.86. The van der Waals surface area contributed by atoms with Gasteiger partial charge in [-0.1, -0.05) is 19.1 Å². The van der Waals surface area contributed by atoms with E-state index in [1.807, 2.05) is 0 Å². The fraction of sp³-hybridized carbons (Fsp3) is 0.188. The molecule has 0 spiro atoms. The third kappa shape index (κ3) is 5.46. The van der Waals surface area contributed by atoms with Crippen LogP contribution in [0, 0.1) is 0 Å². The molecule has 0 saturated carbocycles. The van der Waals surface area contributed by atoms with Gasteiger partial charge in [-0.15, -0.1) is 13.2 Å². The summed E-state index contributed by atoms with van der Waals surface area (Å²) in [6.45, 7) is 1.80. The van der Waals surface area contributed by atoms with Crippen molar-refractivity contribution in [2.75, 3.05) is 11.9 Å². The second-order valence-electron chi connectivity index (χ2n) is 5.06. The lowest BCUT2D eigenvalue weighted by atomic mass is 10.2. The number of rotatable bonds is 6. The van der Waals surface area contributed by atoms with Crippen molar-refractivity contribution in [2.24, 2.45) is 0 Å². The van der Waals surface area contributed by atoms with E-state index in [0.717, 1.165) is 12.1 Å². The van der Waals surface area contributed by atoms with Crippen LogP contribution in [0.1, 0.15) is 17.3 Å². The molecule has 0 fully saturated rings. The highest BCUT2D eigenvalue weighted by molar-refractivity contribution is 7.89. The lowest BCUT2D eigenvalue weighted by Gasteiger charge is -2.11. The van der Waals surface area contributed by atoms with Crippen molar-refractivity contribution in [3.8, 4) is 5.75 Å². The number of halogens is 3. The summed E-state index contributed by atoms with van der Waals surface area (Å²) in [7, 11) is -3.74. The van der Waals surface area contributed by atoms with Gasteiger partial charge in [-0.05, 0) is 30.3 Å².